The van der Waals surface area contributed by atoms with E-state index in [1.807, 2.05) is 13.8 Å². The molecule has 0 atom stereocenters. The highest BCUT2D eigenvalue weighted by Gasteiger charge is 2.19. The third-order valence-corrected chi connectivity index (χ3v) is 5.67. The Balaban J connectivity index is 0.00000125. The Hall–Kier alpha value is -4.54. The summed E-state index contributed by atoms with van der Waals surface area (Å²) in [7, 11) is 1.73. The first kappa shape index (κ1) is 33.5. The minimum absolute atomic E-state index is 0.0367. The van der Waals surface area contributed by atoms with E-state index < -0.39 is 17.2 Å². The van der Waals surface area contributed by atoms with Gasteiger partial charge in [-0.05, 0) is 50.5 Å². The lowest BCUT2D eigenvalue weighted by atomic mass is 9.96. The highest BCUT2D eigenvalue weighted by molar-refractivity contribution is 5.94. The van der Waals surface area contributed by atoms with E-state index in [1.165, 1.54) is 4.52 Å². The molecule has 8 nitrogen and oxygen atoms in total. The lowest BCUT2D eigenvalue weighted by molar-refractivity contribution is 0.0770. The van der Waals surface area contributed by atoms with Gasteiger partial charge in [0.15, 0.2) is 17.3 Å². The second-order valence-corrected chi connectivity index (χ2v) is 8.84. The Morgan fingerprint density at radius 1 is 1.07 bits per heavy atom. The number of terminal acetylenes is 2. The molecule has 3 N–H and O–H groups in total. The summed E-state index contributed by atoms with van der Waals surface area (Å²) in [5.74, 6) is -1.24. The Bertz CT molecular complexity index is 1470. The van der Waals surface area contributed by atoms with Crippen LogP contribution < -0.4 is 5.73 Å². The van der Waals surface area contributed by atoms with Crippen molar-refractivity contribution in [3.63, 3.8) is 0 Å². The Morgan fingerprint density at radius 3 is 2.35 bits per heavy atom. The molecule has 2 heterocycles. The number of carbonyl (C=O) groups is 1. The van der Waals surface area contributed by atoms with Crippen molar-refractivity contribution in [3.05, 3.63) is 65.0 Å². The SMILES string of the molecule is C#C.C#C.CC.CN(CCCCc1nc2c3cc(F)cc(F)c3nc(N)n2n1)C(=O)c1cccc(C(C)(C)O)c1. The zero-order valence-corrected chi connectivity index (χ0v) is 23.5. The Morgan fingerprint density at radius 2 is 1.73 bits per heavy atom. The highest BCUT2D eigenvalue weighted by Crippen LogP contribution is 2.24. The van der Waals surface area contributed by atoms with Crippen molar-refractivity contribution in [1.82, 2.24) is 24.5 Å². The van der Waals surface area contributed by atoms with E-state index in [0.29, 0.717) is 42.8 Å². The molecule has 0 saturated carbocycles. The van der Waals surface area contributed by atoms with Crippen LogP contribution in [0.1, 0.15) is 62.3 Å². The minimum atomic E-state index is -1.03. The average Bonchev–Trinajstić information content (AvgIpc) is 3.39. The van der Waals surface area contributed by atoms with Crippen LogP contribution in [-0.4, -0.2) is 49.1 Å². The zero-order valence-electron chi connectivity index (χ0n) is 23.5. The molecule has 0 spiro atoms. The highest BCUT2D eigenvalue weighted by atomic mass is 19.1. The number of unbranched alkanes of at least 4 members (excludes halogenated alkanes) is 1. The lowest BCUT2D eigenvalue weighted by Crippen LogP contribution is -2.28. The predicted octanol–water partition coefficient (Wildman–Crippen LogP) is 4.99. The van der Waals surface area contributed by atoms with Gasteiger partial charge in [-0.3, -0.25) is 4.79 Å². The van der Waals surface area contributed by atoms with E-state index in [1.54, 1.807) is 50.1 Å². The van der Waals surface area contributed by atoms with E-state index in [-0.39, 0.29) is 28.4 Å². The molecule has 0 bridgehead atoms. The fraction of sp³-hybridized carbons (Fsp3) is 0.333. The Kier molecular flexibility index (Phi) is 12.7. The van der Waals surface area contributed by atoms with Gasteiger partial charge in [0.05, 0.1) is 11.0 Å². The van der Waals surface area contributed by atoms with Crippen LogP contribution in [0.15, 0.2) is 36.4 Å². The van der Waals surface area contributed by atoms with Crippen LogP contribution in [0.4, 0.5) is 14.7 Å². The summed E-state index contributed by atoms with van der Waals surface area (Å²) in [6, 6.07) is 8.88. The maximum atomic E-state index is 14.1. The van der Waals surface area contributed by atoms with Crippen LogP contribution in [0, 0.1) is 37.3 Å². The number of hydrogen-bond donors (Lipinski definition) is 2. The van der Waals surface area contributed by atoms with E-state index in [4.69, 9.17) is 5.73 Å². The minimum Gasteiger partial charge on any atom is -0.386 e. The molecular formula is C30H36F2N6O2. The van der Waals surface area contributed by atoms with Crippen molar-refractivity contribution in [3.8, 4) is 25.7 Å². The molecule has 0 aliphatic rings. The van der Waals surface area contributed by atoms with Gasteiger partial charge in [0, 0.05) is 31.6 Å². The number of aliphatic hydroxyl groups is 1. The molecule has 0 radical (unpaired) electrons. The van der Waals surface area contributed by atoms with Crippen LogP contribution in [-0.2, 0) is 12.0 Å². The number of aromatic nitrogens is 4. The van der Waals surface area contributed by atoms with Gasteiger partial charge in [-0.1, -0.05) is 26.0 Å². The quantitative estimate of drug-likeness (QED) is 0.248. The number of halogens is 2. The summed E-state index contributed by atoms with van der Waals surface area (Å²) in [6.45, 7) is 7.86. The smallest absolute Gasteiger partial charge is 0.253 e. The number of fused-ring (bicyclic) bond motifs is 3. The maximum Gasteiger partial charge on any atom is 0.253 e. The standard InChI is InChI=1S/C24H26F2N6O2.C2H6.2C2H2/c1-24(2,34)15-8-6-7-14(11-15)22(33)31(3)10-5-4-9-19-28-21-17-12-16(25)13-18(26)20(17)29-23(27)32(21)30-19;3*1-2/h6-8,11-13,34H,4-5,9-10H2,1-3H3,(H2,27,29);1-2H3;2*1-2H. The van der Waals surface area contributed by atoms with Gasteiger partial charge >= 0.3 is 0 Å². The zero-order chi connectivity index (χ0) is 30.6. The van der Waals surface area contributed by atoms with Crippen molar-refractivity contribution in [2.75, 3.05) is 19.3 Å². The monoisotopic (exact) mass is 550 g/mol. The van der Waals surface area contributed by atoms with Crippen molar-refractivity contribution < 1.29 is 18.7 Å². The number of benzene rings is 2. The molecule has 0 aliphatic heterocycles. The summed E-state index contributed by atoms with van der Waals surface area (Å²) in [5.41, 5.74) is 6.24. The number of nitrogen functional groups attached to an aromatic ring is 1. The number of hydrogen-bond acceptors (Lipinski definition) is 6. The third-order valence-electron chi connectivity index (χ3n) is 5.67. The van der Waals surface area contributed by atoms with Crippen molar-refractivity contribution in [2.45, 2.75) is 52.6 Å². The number of amides is 1. The molecule has 1 amide bonds. The number of anilines is 1. The van der Waals surface area contributed by atoms with Crippen LogP contribution in [0.2, 0.25) is 0 Å². The first-order valence-electron chi connectivity index (χ1n) is 12.6. The van der Waals surface area contributed by atoms with Crippen molar-refractivity contribution >= 4 is 28.4 Å². The average molecular weight is 551 g/mol. The molecule has 4 aromatic rings. The van der Waals surface area contributed by atoms with Crippen LogP contribution in [0.3, 0.4) is 0 Å². The molecule has 4 rings (SSSR count). The molecule has 40 heavy (non-hydrogen) atoms. The van der Waals surface area contributed by atoms with Gasteiger partial charge in [0.1, 0.15) is 11.3 Å². The van der Waals surface area contributed by atoms with Gasteiger partial charge in [-0.15, -0.1) is 30.8 Å². The molecule has 0 fully saturated rings. The van der Waals surface area contributed by atoms with Crippen LogP contribution in [0.5, 0.6) is 0 Å². The van der Waals surface area contributed by atoms with Crippen molar-refractivity contribution in [2.24, 2.45) is 0 Å². The molecule has 0 aliphatic carbocycles. The molecule has 10 heteroatoms. The fourth-order valence-electron chi connectivity index (χ4n) is 3.79. The summed E-state index contributed by atoms with van der Waals surface area (Å²) >= 11 is 0. The normalized spacial score (nSPS) is 10.4. The van der Waals surface area contributed by atoms with E-state index >= 15 is 0 Å². The summed E-state index contributed by atoms with van der Waals surface area (Å²) < 4.78 is 29.1. The first-order valence-corrected chi connectivity index (χ1v) is 12.6. The van der Waals surface area contributed by atoms with Crippen molar-refractivity contribution in [1.29, 1.82) is 0 Å². The molecule has 0 unspecified atom stereocenters. The second kappa shape index (κ2) is 15.2. The molecule has 212 valence electrons. The van der Waals surface area contributed by atoms with E-state index in [2.05, 4.69) is 40.8 Å². The first-order chi connectivity index (χ1) is 19.0. The number of carbonyl (C=O) groups excluding carboxylic acids is 1. The summed E-state index contributed by atoms with van der Waals surface area (Å²) in [4.78, 5) is 22.8. The largest absolute Gasteiger partial charge is 0.386 e. The lowest BCUT2D eigenvalue weighted by Gasteiger charge is -2.21. The molecule has 2 aromatic carbocycles. The Labute approximate surface area is 234 Å². The van der Waals surface area contributed by atoms with Crippen LogP contribution in [0.25, 0.3) is 16.6 Å². The molecular weight excluding hydrogens is 514 g/mol. The van der Waals surface area contributed by atoms with Gasteiger partial charge < -0.3 is 15.7 Å². The van der Waals surface area contributed by atoms with Gasteiger partial charge in [0.2, 0.25) is 5.95 Å². The van der Waals surface area contributed by atoms with Gasteiger partial charge in [0.25, 0.3) is 5.91 Å². The van der Waals surface area contributed by atoms with E-state index in [0.717, 1.165) is 12.1 Å². The van der Waals surface area contributed by atoms with Gasteiger partial charge in [-0.25, -0.2) is 18.7 Å². The maximum absolute atomic E-state index is 14.1. The topological polar surface area (TPSA) is 110 Å². The third kappa shape index (κ3) is 7.98. The fourth-order valence-corrected chi connectivity index (χ4v) is 3.79. The van der Waals surface area contributed by atoms with Gasteiger partial charge in [-0.2, -0.15) is 4.52 Å². The second-order valence-electron chi connectivity index (χ2n) is 8.84. The number of nitrogens with two attached hydrogens (primary N) is 1. The van der Waals surface area contributed by atoms with E-state index in [9.17, 15) is 18.7 Å². The summed E-state index contributed by atoms with van der Waals surface area (Å²) in [5, 5.41) is 14.7. The predicted molar refractivity (Wildman–Crippen MR) is 155 cm³/mol. The molecule has 0 saturated heterocycles. The summed E-state index contributed by atoms with van der Waals surface area (Å²) in [6.07, 6.45) is 17.9. The number of rotatable bonds is 7. The molecule has 2 aromatic heterocycles. The number of aryl methyl sites for hydroxylation is 1. The number of nitrogens with zero attached hydrogens (tertiary/aromatic N) is 5. The van der Waals surface area contributed by atoms with Crippen LogP contribution >= 0.6 is 0 Å².